The first-order valence-electron chi connectivity index (χ1n) is 9.17. The van der Waals surface area contributed by atoms with E-state index < -0.39 is 0 Å². The van der Waals surface area contributed by atoms with Gasteiger partial charge in [0.15, 0.2) is 11.5 Å². The summed E-state index contributed by atoms with van der Waals surface area (Å²) in [5.41, 5.74) is 2.38. The molecule has 0 spiro atoms. The largest absolute Gasteiger partial charge is 0.350 e. The zero-order chi connectivity index (χ0) is 20.1. The molecule has 0 atom stereocenters. The van der Waals surface area contributed by atoms with Crippen LogP contribution in [0.5, 0.6) is 0 Å². The first kappa shape index (κ1) is 18.5. The van der Waals surface area contributed by atoms with Gasteiger partial charge < -0.3 is 10.6 Å². The quantitative estimate of drug-likeness (QED) is 0.525. The van der Waals surface area contributed by atoms with Crippen LogP contribution in [0.3, 0.4) is 0 Å². The van der Waals surface area contributed by atoms with E-state index in [0.717, 1.165) is 16.6 Å². The second kappa shape index (κ2) is 8.43. The number of nitrogens with one attached hydrogen (secondary N) is 2. The van der Waals surface area contributed by atoms with Crippen molar-refractivity contribution < 1.29 is 9.18 Å². The first-order chi connectivity index (χ1) is 14.2. The molecule has 2 aromatic carbocycles. The van der Waals surface area contributed by atoms with Crippen molar-refractivity contribution >= 4 is 28.3 Å². The Hall–Kier alpha value is -3.87. The summed E-state index contributed by atoms with van der Waals surface area (Å²) in [7, 11) is 0. The normalized spacial score (nSPS) is 10.7. The molecule has 4 aromatic rings. The van der Waals surface area contributed by atoms with E-state index in [1.54, 1.807) is 36.5 Å². The van der Waals surface area contributed by atoms with E-state index in [2.05, 4.69) is 25.8 Å². The van der Waals surface area contributed by atoms with Crippen molar-refractivity contribution in [2.75, 3.05) is 11.9 Å². The van der Waals surface area contributed by atoms with Crippen LogP contribution in [-0.4, -0.2) is 27.6 Å². The van der Waals surface area contributed by atoms with Crippen LogP contribution in [0, 0.1) is 5.82 Å². The lowest BCUT2D eigenvalue weighted by molar-refractivity contribution is 0.0948. The highest BCUT2D eigenvalue weighted by Gasteiger charge is 2.09. The van der Waals surface area contributed by atoms with Gasteiger partial charge in [0.2, 0.25) is 0 Å². The Kier molecular flexibility index (Phi) is 5.38. The molecule has 0 radical (unpaired) electrons. The summed E-state index contributed by atoms with van der Waals surface area (Å²) in [4.78, 5) is 16.6. The van der Waals surface area contributed by atoms with E-state index in [-0.39, 0.29) is 17.4 Å². The minimum Gasteiger partial charge on any atom is -0.350 e. The maximum atomic E-state index is 13.6. The lowest BCUT2D eigenvalue weighted by atomic mass is 10.1. The zero-order valence-electron chi connectivity index (χ0n) is 15.5. The predicted molar refractivity (Wildman–Crippen MR) is 109 cm³/mol. The van der Waals surface area contributed by atoms with Crippen molar-refractivity contribution in [1.82, 2.24) is 20.5 Å². The number of hydrogen-bond acceptors (Lipinski definition) is 5. The summed E-state index contributed by atoms with van der Waals surface area (Å²) in [5.74, 6) is -0.127. The fourth-order valence-electron chi connectivity index (χ4n) is 2.97. The summed E-state index contributed by atoms with van der Waals surface area (Å²) in [6, 6.07) is 19.4. The van der Waals surface area contributed by atoms with E-state index in [4.69, 9.17) is 0 Å². The highest BCUT2D eigenvalue weighted by molar-refractivity contribution is 5.93. The monoisotopic (exact) mass is 387 g/mol. The minimum atomic E-state index is -0.354. The molecule has 4 rings (SSSR count). The van der Waals surface area contributed by atoms with Crippen molar-refractivity contribution in [1.29, 1.82) is 0 Å². The van der Waals surface area contributed by atoms with Crippen LogP contribution in [-0.2, 0) is 6.42 Å². The molecule has 6 nitrogen and oxygen atoms in total. The molecule has 0 aliphatic carbocycles. The SMILES string of the molecule is O=C(NCCc1ccccc1F)c1ccc(Nc2cccc3cccnc23)nn1. The number of rotatable bonds is 6. The molecule has 29 heavy (non-hydrogen) atoms. The van der Waals surface area contributed by atoms with Gasteiger partial charge in [-0.05, 0) is 42.3 Å². The topological polar surface area (TPSA) is 79.8 Å². The van der Waals surface area contributed by atoms with E-state index in [1.807, 2.05) is 30.3 Å². The number of fused-ring (bicyclic) bond motifs is 1. The molecular weight excluding hydrogens is 369 g/mol. The number of hydrogen-bond donors (Lipinski definition) is 2. The molecule has 0 aliphatic rings. The van der Waals surface area contributed by atoms with E-state index in [1.165, 1.54) is 6.07 Å². The fourth-order valence-corrected chi connectivity index (χ4v) is 2.97. The molecule has 1 amide bonds. The molecule has 144 valence electrons. The van der Waals surface area contributed by atoms with Crippen LogP contribution in [0.1, 0.15) is 16.1 Å². The van der Waals surface area contributed by atoms with Crippen LogP contribution in [0.15, 0.2) is 72.9 Å². The van der Waals surface area contributed by atoms with Crippen molar-refractivity contribution in [2.24, 2.45) is 0 Å². The molecule has 0 unspecified atom stereocenters. The van der Waals surface area contributed by atoms with Gasteiger partial charge in [-0.3, -0.25) is 9.78 Å². The number of para-hydroxylation sites is 1. The Bertz CT molecular complexity index is 1140. The van der Waals surface area contributed by atoms with Crippen molar-refractivity contribution in [2.45, 2.75) is 6.42 Å². The van der Waals surface area contributed by atoms with Crippen molar-refractivity contribution in [3.8, 4) is 0 Å². The van der Waals surface area contributed by atoms with Crippen LogP contribution < -0.4 is 10.6 Å². The summed E-state index contributed by atoms with van der Waals surface area (Å²) < 4.78 is 13.6. The van der Waals surface area contributed by atoms with Gasteiger partial charge in [-0.25, -0.2) is 4.39 Å². The number of carbonyl (C=O) groups excluding carboxylic acids is 1. The van der Waals surface area contributed by atoms with Gasteiger partial charge in [0.05, 0.1) is 11.2 Å². The number of halogens is 1. The van der Waals surface area contributed by atoms with Gasteiger partial charge in [0.25, 0.3) is 5.91 Å². The summed E-state index contributed by atoms with van der Waals surface area (Å²) in [6.07, 6.45) is 2.13. The number of pyridine rings is 1. The third kappa shape index (κ3) is 4.35. The lowest BCUT2D eigenvalue weighted by Gasteiger charge is -2.08. The van der Waals surface area contributed by atoms with Gasteiger partial charge in [0, 0.05) is 18.1 Å². The Morgan fingerprint density at radius 3 is 2.62 bits per heavy atom. The summed E-state index contributed by atoms with van der Waals surface area (Å²) >= 11 is 0. The van der Waals surface area contributed by atoms with Gasteiger partial charge >= 0.3 is 0 Å². The molecular formula is C22H18FN5O. The van der Waals surface area contributed by atoms with Gasteiger partial charge in [0.1, 0.15) is 5.82 Å². The van der Waals surface area contributed by atoms with Crippen LogP contribution in [0.2, 0.25) is 0 Å². The highest BCUT2D eigenvalue weighted by Crippen LogP contribution is 2.23. The molecule has 2 N–H and O–H groups in total. The molecule has 0 aliphatic heterocycles. The fraction of sp³-hybridized carbons (Fsp3) is 0.0909. The average molecular weight is 387 g/mol. The Balaban J connectivity index is 1.38. The molecule has 2 aromatic heterocycles. The van der Waals surface area contributed by atoms with Crippen LogP contribution in [0.4, 0.5) is 15.9 Å². The Labute approximate surface area is 166 Å². The van der Waals surface area contributed by atoms with Gasteiger partial charge in [-0.1, -0.05) is 36.4 Å². The van der Waals surface area contributed by atoms with Gasteiger partial charge in [-0.2, -0.15) is 0 Å². The Morgan fingerprint density at radius 2 is 1.79 bits per heavy atom. The second-order valence-electron chi connectivity index (χ2n) is 6.41. The number of amides is 1. The van der Waals surface area contributed by atoms with E-state index in [0.29, 0.717) is 24.3 Å². The number of aromatic nitrogens is 3. The molecule has 0 fully saturated rings. The Morgan fingerprint density at radius 1 is 0.931 bits per heavy atom. The summed E-state index contributed by atoms with van der Waals surface area (Å²) in [6.45, 7) is 0.309. The smallest absolute Gasteiger partial charge is 0.271 e. The second-order valence-corrected chi connectivity index (χ2v) is 6.41. The molecule has 0 saturated carbocycles. The molecule has 2 heterocycles. The molecule has 7 heteroatoms. The third-order valence-electron chi connectivity index (χ3n) is 4.43. The number of carbonyl (C=O) groups is 1. The number of benzene rings is 2. The van der Waals surface area contributed by atoms with Gasteiger partial charge in [-0.15, -0.1) is 10.2 Å². The van der Waals surface area contributed by atoms with Crippen molar-refractivity contribution in [3.05, 3.63) is 90.0 Å². The zero-order valence-corrected chi connectivity index (χ0v) is 15.5. The predicted octanol–water partition coefficient (Wildman–Crippen LogP) is 3.88. The van der Waals surface area contributed by atoms with E-state index in [9.17, 15) is 9.18 Å². The van der Waals surface area contributed by atoms with E-state index >= 15 is 0 Å². The third-order valence-corrected chi connectivity index (χ3v) is 4.43. The standard InChI is InChI=1S/C22H18FN5O/c23-17-8-2-1-5-15(17)12-14-25-22(29)19-10-11-20(28-27-19)26-18-9-3-6-16-7-4-13-24-21(16)18/h1-11,13H,12,14H2,(H,25,29)(H,26,28). The first-order valence-corrected chi connectivity index (χ1v) is 9.17. The maximum Gasteiger partial charge on any atom is 0.271 e. The lowest BCUT2D eigenvalue weighted by Crippen LogP contribution is -2.27. The number of anilines is 2. The maximum absolute atomic E-state index is 13.6. The number of nitrogens with zero attached hydrogens (tertiary/aromatic N) is 3. The van der Waals surface area contributed by atoms with Crippen LogP contribution >= 0.6 is 0 Å². The van der Waals surface area contributed by atoms with Crippen LogP contribution in [0.25, 0.3) is 10.9 Å². The highest BCUT2D eigenvalue weighted by atomic mass is 19.1. The van der Waals surface area contributed by atoms with Crippen molar-refractivity contribution in [3.63, 3.8) is 0 Å². The molecule has 0 saturated heterocycles. The molecule has 0 bridgehead atoms. The summed E-state index contributed by atoms with van der Waals surface area (Å²) in [5, 5.41) is 15.0. The minimum absolute atomic E-state index is 0.195. The average Bonchev–Trinajstić information content (AvgIpc) is 2.76.